The van der Waals surface area contributed by atoms with E-state index in [9.17, 15) is 9.00 Å². The van der Waals surface area contributed by atoms with Crippen LogP contribution in [0.2, 0.25) is 0 Å². The van der Waals surface area contributed by atoms with Crippen molar-refractivity contribution in [2.45, 2.75) is 88.7 Å². The van der Waals surface area contributed by atoms with Crippen LogP contribution in [0, 0.1) is 5.92 Å². The van der Waals surface area contributed by atoms with E-state index in [1.807, 2.05) is 0 Å². The fourth-order valence-corrected chi connectivity index (χ4v) is 7.73. The average Bonchev–Trinajstić information content (AvgIpc) is 3.30. The largest absolute Gasteiger partial charge is 0.379 e. The highest BCUT2D eigenvalue weighted by Crippen LogP contribution is 2.35. The van der Waals surface area contributed by atoms with Crippen LogP contribution in [0.15, 0.2) is 28.4 Å². The summed E-state index contributed by atoms with van der Waals surface area (Å²) in [6.07, 6.45) is 11.0. The van der Waals surface area contributed by atoms with E-state index in [4.69, 9.17) is 14.6 Å². The molecule has 6 atom stereocenters. The van der Waals surface area contributed by atoms with Crippen molar-refractivity contribution in [1.82, 2.24) is 9.31 Å². The molecule has 4 aliphatic rings. The van der Waals surface area contributed by atoms with Crippen LogP contribution >= 0.6 is 0 Å². The smallest absolute Gasteiger partial charge is 0.137 e. The van der Waals surface area contributed by atoms with Crippen LogP contribution in [-0.4, -0.2) is 82.4 Å². The lowest BCUT2D eigenvalue weighted by atomic mass is 9.84. The monoisotopic (exact) mass is 491 g/mol. The molecule has 4 rings (SSSR count). The van der Waals surface area contributed by atoms with Gasteiger partial charge in [0.25, 0.3) is 0 Å². The lowest BCUT2D eigenvalue weighted by molar-refractivity contribution is -0.119. The zero-order chi connectivity index (χ0) is 24.2. The van der Waals surface area contributed by atoms with Crippen LogP contribution in [-0.2, 0) is 25.3 Å². The molecule has 2 aliphatic carbocycles. The van der Waals surface area contributed by atoms with E-state index in [1.165, 1.54) is 11.1 Å². The number of fused-ring (bicyclic) bond motifs is 1. The molecule has 0 N–H and O–H groups in total. The molecule has 190 valence electrons. The van der Waals surface area contributed by atoms with Gasteiger partial charge in [0.1, 0.15) is 5.78 Å². The maximum atomic E-state index is 13.8. The second kappa shape index (κ2) is 11.6. The highest BCUT2D eigenvalue weighted by atomic mass is 32.2. The Labute approximate surface area is 207 Å². The first kappa shape index (κ1) is 25.7. The van der Waals surface area contributed by atoms with Crippen molar-refractivity contribution in [3.8, 4) is 0 Å². The summed E-state index contributed by atoms with van der Waals surface area (Å²) >= 11 is 0. The normalized spacial score (nSPS) is 33.1. The Morgan fingerprint density at radius 1 is 1.15 bits per heavy atom. The maximum Gasteiger partial charge on any atom is 0.137 e. The summed E-state index contributed by atoms with van der Waals surface area (Å²) in [6, 6.07) is 0.0315. The predicted octanol–water partition coefficient (Wildman–Crippen LogP) is 3.63. The van der Waals surface area contributed by atoms with Gasteiger partial charge in [-0.15, -0.1) is 0 Å². The minimum atomic E-state index is -1.11. The number of carbonyl (C=O) groups excluding carboxylic acids is 1. The molecule has 0 amide bonds. The van der Waals surface area contributed by atoms with Crippen LogP contribution in [0.25, 0.3) is 0 Å². The quantitative estimate of drug-likeness (QED) is 0.493. The third-order valence-electron chi connectivity index (χ3n) is 7.99. The Balaban J connectivity index is 1.42. The molecule has 0 aromatic carbocycles. The Bertz CT molecular complexity index is 870. The lowest BCUT2D eigenvalue weighted by Crippen LogP contribution is -2.54. The van der Waals surface area contributed by atoms with Crippen molar-refractivity contribution >= 4 is 22.5 Å². The van der Waals surface area contributed by atoms with E-state index in [0.717, 1.165) is 63.9 Å². The molecular formula is C26H41N3O4S. The fraction of sp³-hybridized carbons (Fsp3) is 0.769. The summed E-state index contributed by atoms with van der Waals surface area (Å²) in [6.45, 7) is 6.54. The number of hydrazone groups is 1. The number of ether oxygens (including phenoxy) is 2. The van der Waals surface area contributed by atoms with Crippen LogP contribution < -0.4 is 0 Å². The van der Waals surface area contributed by atoms with E-state index < -0.39 is 11.0 Å². The Kier molecular flexibility index (Phi) is 8.77. The number of rotatable bonds is 9. The first-order valence-electron chi connectivity index (χ1n) is 12.9. The van der Waals surface area contributed by atoms with E-state index >= 15 is 0 Å². The molecule has 0 spiro atoms. The van der Waals surface area contributed by atoms with Crippen LogP contribution in [0.1, 0.15) is 65.2 Å². The first-order chi connectivity index (χ1) is 16.4. The fourth-order valence-electron chi connectivity index (χ4n) is 5.94. The van der Waals surface area contributed by atoms with Gasteiger partial charge in [-0.3, -0.25) is 9.80 Å². The molecule has 34 heavy (non-hydrogen) atoms. The number of ketones is 1. The van der Waals surface area contributed by atoms with Gasteiger partial charge in [0.15, 0.2) is 0 Å². The van der Waals surface area contributed by atoms with Crippen molar-refractivity contribution < 1.29 is 18.5 Å². The number of piperidine rings is 1. The van der Waals surface area contributed by atoms with Gasteiger partial charge < -0.3 is 9.47 Å². The number of methoxy groups -OCH3 is 2. The minimum absolute atomic E-state index is 0.0154. The van der Waals surface area contributed by atoms with Crippen LogP contribution in [0.3, 0.4) is 0 Å². The van der Waals surface area contributed by atoms with Gasteiger partial charge in [0.2, 0.25) is 0 Å². The number of Topliss-reactive ketones (excluding diaryl/α,β-unsaturated/α-hetero) is 1. The molecule has 2 heterocycles. The summed E-state index contributed by atoms with van der Waals surface area (Å²) < 4.78 is 27.2. The molecule has 1 saturated carbocycles. The zero-order valence-electron chi connectivity index (χ0n) is 21.2. The van der Waals surface area contributed by atoms with Gasteiger partial charge in [-0.1, -0.05) is 17.7 Å². The standard InChI is InChI=1S/C26H41N3O4S/c1-5-28-17-23-26(27-28)20(15-21(30)14-19-9-7-6-8-18(19)2)12-13-29(23)34(31)22-10-11-24(32-3)25(16-22)33-4/h8-9,20,22-25H,5-7,10-17H2,1-4H3/t20?,22-,23?,24?,25?,34?/m1/s1. The summed E-state index contributed by atoms with van der Waals surface area (Å²) in [7, 11) is 2.33. The van der Waals surface area contributed by atoms with Gasteiger partial charge in [0, 0.05) is 46.1 Å². The molecule has 0 aromatic rings. The summed E-state index contributed by atoms with van der Waals surface area (Å²) in [5.74, 6) is 0.435. The molecule has 2 fully saturated rings. The Morgan fingerprint density at radius 2 is 1.91 bits per heavy atom. The number of nitrogens with zero attached hydrogens (tertiary/aromatic N) is 3. The van der Waals surface area contributed by atoms with Crippen molar-refractivity contribution in [3.63, 3.8) is 0 Å². The first-order valence-corrected chi connectivity index (χ1v) is 14.1. The van der Waals surface area contributed by atoms with Crippen molar-refractivity contribution in [2.75, 3.05) is 33.9 Å². The topological polar surface area (TPSA) is 71.4 Å². The van der Waals surface area contributed by atoms with Crippen molar-refractivity contribution in [1.29, 1.82) is 0 Å². The van der Waals surface area contributed by atoms with Gasteiger partial charge >= 0.3 is 0 Å². The molecular weight excluding hydrogens is 450 g/mol. The second-order valence-electron chi connectivity index (χ2n) is 10.0. The molecule has 8 heteroatoms. The van der Waals surface area contributed by atoms with E-state index in [-0.39, 0.29) is 35.2 Å². The number of likely N-dealkylation sites (N-methyl/N-ethyl adjacent to an activating group) is 1. The number of carbonyl (C=O) groups is 1. The number of hydrogen-bond donors (Lipinski definition) is 0. The molecule has 0 aromatic heterocycles. The molecule has 1 saturated heterocycles. The Morgan fingerprint density at radius 3 is 2.62 bits per heavy atom. The van der Waals surface area contributed by atoms with Crippen molar-refractivity contribution in [3.05, 3.63) is 23.3 Å². The third-order valence-corrected chi connectivity index (χ3v) is 9.89. The SMILES string of the molecule is CCN1CC2C(=N1)C(CC(=O)CC1=CCCC=C1C)CCN2S(=O)[C@@H]1CCC(OC)C(OC)C1. The predicted molar refractivity (Wildman–Crippen MR) is 136 cm³/mol. The molecule has 0 radical (unpaired) electrons. The second-order valence-corrected chi connectivity index (χ2v) is 11.7. The number of allylic oxidation sites excluding steroid dienone is 4. The van der Waals surface area contributed by atoms with Crippen LogP contribution in [0.5, 0.6) is 0 Å². The molecule has 0 bridgehead atoms. The maximum absolute atomic E-state index is 13.8. The average molecular weight is 492 g/mol. The van der Waals surface area contributed by atoms with Crippen molar-refractivity contribution in [2.24, 2.45) is 11.0 Å². The lowest BCUT2D eigenvalue weighted by Gasteiger charge is -2.40. The minimum Gasteiger partial charge on any atom is -0.379 e. The number of hydrogen-bond acceptors (Lipinski definition) is 6. The summed E-state index contributed by atoms with van der Waals surface area (Å²) in [5, 5.41) is 7.05. The molecule has 2 aliphatic heterocycles. The zero-order valence-corrected chi connectivity index (χ0v) is 22.0. The van der Waals surface area contributed by atoms with Crippen LogP contribution in [0.4, 0.5) is 0 Å². The summed E-state index contributed by atoms with van der Waals surface area (Å²) in [5.41, 5.74) is 3.50. The van der Waals surface area contributed by atoms with E-state index in [0.29, 0.717) is 12.8 Å². The van der Waals surface area contributed by atoms with E-state index in [2.05, 4.69) is 35.3 Å². The summed E-state index contributed by atoms with van der Waals surface area (Å²) in [4.78, 5) is 13.0. The highest BCUT2D eigenvalue weighted by Gasteiger charge is 2.45. The van der Waals surface area contributed by atoms with Gasteiger partial charge in [0.05, 0.1) is 46.7 Å². The molecule has 7 nitrogen and oxygen atoms in total. The third kappa shape index (κ3) is 5.55. The Hall–Kier alpha value is -1.35. The van der Waals surface area contributed by atoms with Gasteiger partial charge in [-0.2, -0.15) is 5.10 Å². The highest BCUT2D eigenvalue weighted by molar-refractivity contribution is 7.83. The van der Waals surface area contributed by atoms with Gasteiger partial charge in [-0.25, -0.2) is 8.51 Å². The van der Waals surface area contributed by atoms with E-state index in [1.54, 1.807) is 14.2 Å². The van der Waals surface area contributed by atoms with Gasteiger partial charge in [-0.05, 0) is 57.9 Å². The molecule has 5 unspecified atom stereocenters.